The fourth-order valence-corrected chi connectivity index (χ4v) is 4.20. The second kappa shape index (κ2) is 8.23. The van der Waals surface area contributed by atoms with E-state index < -0.39 is 23.5 Å². The summed E-state index contributed by atoms with van der Waals surface area (Å²) in [7, 11) is 4.11. The van der Waals surface area contributed by atoms with E-state index >= 15 is 0 Å². The lowest BCUT2D eigenvalue weighted by Gasteiger charge is -2.45. The predicted molar refractivity (Wildman–Crippen MR) is 100 cm³/mol. The number of likely N-dealkylation sites (tertiary alicyclic amines) is 1. The van der Waals surface area contributed by atoms with Gasteiger partial charge in [0.1, 0.15) is 12.1 Å². The summed E-state index contributed by atoms with van der Waals surface area (Å²) in [5, 5.41) is 0. The average Bonchev–Trinajstić information content (AvgIpc) is 2.64. The quantitative estimate of drug-likeness (QED) is 0.412. The van der Waals surface area contributed by atoms with Crippen LogP contribution in [0.2, 0.25) is 0 Å². The zero-order valence-corrected chi connectivity index (χ0v) is 16.7. The van der Waals surface area contributed by atoms with Gasteiger partial charge in [0.05, 0.1) is 38.4 Å². The van der Waals surface area contributed by atoms with E-state index in [1.807, 2.05) is 30.3 Å². The summed E-state index contributed by atoms with van der Waals surface area (Å²) >= 11 is 0. The van der Waals surface area contributed by atoms with Crippen molar-refractivity contribution in [3.8, 4) is 0 Å². The van der Waals surface area contributed by atoms with Gasteiger partial charge in [0.2, 0.25) is 0 Å². The van der Waals surface area contributed by atoms with Gasteiger partial charge < -0.3 is 9.22 Å². The van der Waals surface area contributed by atoms with E-state index in [1.165, 1.54) is 0 Å². The summed E-state index contributed by atoms with van der Waals surface area (Å²) in [6, 6.07) is 11.2. The Kier molecular flexibility index (Phi) is 6.20. The molecule has 2 nitrogen and oxygen atoms in total. The maximum Gasteiger partial charge on any atom is 0.416 e. The lowest BCUT2D eigenvalue weighted by molar-refractivity contribution is -0.930. The zero-order valence-electron chi connectivity index (χ0n) is 16.7. The number of piperidine rings is 1. The van der Waals surface area contributed by atoms with Crippen LogP contribution in [0.25, 0.3) is 0 Å². The van der Waals surface area contributed by atoms with Gasteiger partial charge in [-0.05, 0) is 36.6 Å². The second-order valence-electron chi connectivity index (χ2n) is 8.26. The first-order valence-corrected chi connectivity index (χ1v) is 9.65. The Bertz CT molecular complexity index is 828. The maximum absolute atomic E-state index is 13.1. The molecule has 1 aliphatic rings. The number of likely N-dealkylation sites (N-methyl/N-ethyl adjacent to an activating group) is 1. The van der Waals surface area contributed by atoms with E-state index in [2.05, 4.69) is 14.1 Å². The molecule has 0 aliphatic carbocycles. The maximum atomic E-state index is 13.1. The van der Waals surface area contributed by atoms with Crippen molar-refractivity contribution in [3.05, 3.63) is 70.8 Å². The van der Waals surface area contributed by atoms with Crippen molar-refractivity contribution in [1.29, 1.82) is 0 Å². The first kappa shape index (κ1) is 22.6. The summed E-state index contributed by atoms with van der Waals surface area (Å²) < 4.78 is 85.2. The Balaban J connectivity index is 1.87. The summed E-state index contributed by atoms with van der Waals surface area (Å²) in [5.74, 6) is 0. The van der Waals surface area contributed by atoms with Crippen LogP contribution in [0.15, 0.2) is 48.5 Å². The Hall–Kier alpha value is -2.06. The van der Waals surface area contributed by atoms with Crippen LogP contribution in [0, 0.1) is 0 Å². The van der Waals surface area contributed by atoms with Gasteiger partial charge in [0, 0.05) is 5.56 Å². The van der Waals surface area contributed by atoms with E-state index in [4.69, 9.17) is 4.74 Å². The molecule has 1 aliphatic heterocycles. The second-order valence-corrected chi connectivity index (χ2v) is 8.26. The summed E-state index contributed by atoms with van der Waals surface area (Å²) in [4.78, 5) is 0. The summed E-state index contributed by atoms with van der Waals surface area (Å²) in [6.45, 7) is 0.586. The Morgan fingerprint density at radius 2 is 1.47 bits per heavy atom. The Labute approximate surface area is 171 Å². The molecule has 164 valence electrons. The third kappa shape index (κ3) is 5.16. The normalized spacial score (nSPS) is 22.1. The van der Waals surface area contributed by atoms with Crippen molar-refractivity contribution in [2.24, 2.45) is 0 Å². The van der Waals surface area contributed by atoms with Crippen LogP contribution >= 0.6 is 0 Å². The highest BCUT2D eigenvalue weighted by molar-refractivity contribution is 5.33. The van der Waals surface area contributed by atoms with E-state index in [0.29, 0.717) is 10.9 Å². The van der Waals surface area contributed by atoms with Crippen molar-refractivity contribution < 1.29 is 35.6 Å². The third-order valence-electron chi connectivity index (χ3n) is 5.58. The van der Waals surface area contributed by atoms with Crippen LogP contribution in [-0.2, 0) is 23.7 Å². The van der Waals surface area contributed by atoms with E-state index in [1.54, 1.807) is 0 Å². The van der Waals surface area contributed by atoms with Gasteiger partial charge >= 0.3 is 12.4 Å². The Morgan fingerprint density at radius 1 is 0.900 bits per heavy atom. The molecule has 2 aromatic carbocycles. The molecule has 0 amide bonds. The first-order valence-electron chi connectivity index (χ1n) is 9.65. The number of rotatable bonds is 4. The SMILES string of the molecule is C[N+]1(C)CCCC(OCc2cc(C(F)(F)F)cc(C(F)(F)F)c2)C1c1ccccc1. The minimum atomic E-state index is -4.87. The molecule has 0 spiro atoms. The molecule has 0 radical (unpaired) electrons. The van der Waals surface area contributed by atoms with Gasteiger partial charge in [0.25, 0.3) is 0 Å². The highest BCUT2D eigenvalue weighted by atomic mass is 19.4. The van der Waals surface area contributed by atoms with E-state index in [0.717, 1.165) is 30.7 Å². The van der Waals surface area contributed by atoms with Crippen LogP contribution in [0.3, 0.4) is 0 Å². The van der Waals surface area contributed by atoms with Crippen LogP contribution in [-0.4, -0.2) is 31.2 Å². The largest absolute Gasteiger partial charge is 0.416 e. The molecule has 8 heteroatoms. The lowest BCUT2D eigenvalue weighted by Crippen LogP contribution is -2.52. The monoisotopic (exact) mass is 432 g/mol. The standard InChI is InChI=1S/C22H24F6NO/c1-29(2)10-6-9-19(20(29)16-7-4-3-5-8-16)30-14-15-11-17(21(23,24)25)13-18(12-15)22(26,27)28/h3-5,7-8,11-13,19-20H,6,9-10,14H2,1-2H3/q+1. The Morgan fingerprint density at radius 3 is 2.00 bits per heavy atom. The van der Waals surface area contributed by atoms with Crippen molar-refractivity contribution in [2.75, 3.05) is 20.6 Å². The molecule has 1 fully saturated rings. The molecule has 2 atom stereocenters. The molecule has 1 saturated heterocycles. The summed E-state index contributed by atoms with van der Waals surface area (Å²) in [6.07, 6.45) is -8.51. The highest BCUT2D eigenvalue weighted by Gasteiger charge is 2.41. The number of benzene rings is 2. The molecule has 0 saturated carbocycles. The fraction of sp³-hybridized carbons (Fsp3) is 0.455. The first-order chi connectivity index (χ1) is 13.9. The molecule has 2 aromatic rings. The van der Waals surface area contributed by atoms with Gasteiger partial charge in [-0.25, -0.2) is 0 Å². The van der Waals surface area contributed by atoms with Gasteiger partial charge in [-0.15, -0.1) is 0 Å². The minimum absolute atomic E-state index is 0.0622. The molecule has 30 heavy (non-hydrogen) atoms. The van der Waals surface area contributed by atoms with Crippen LogP contribution in [0.1, 0.15) is 41.1 Å². The van der Waals surface area contributed by atoms with Crippen molar-refractivity contribution in [3.63, 3.8) is 0 Å². The number of alkyl halides is 6. The topological polar surface area (TPSA) is 9.23 Å². The number of hydrogen-bond donors (Lipinski definition) is 0. The zero-order chi connectivity index (χ0) is 22.2. The molecule has 0 aromatic heterocycles. The number of ether oxygens (including phenoxy) is 1. The molecular weight excluding hydrogens is 408 g/mol. The van der Waals surface area contributed by atoms with Gasteiger partial charge in [-0.3, -0.25) is 0 Å². The smallest absolute Gasteiger partial charge is 0.367 e. The van der Waals surface area contributed by atoms with Gasteiger partial charge in [-0.2, -0.15) is 26.3 Å². The number of hydrogen-bond acceptors (Lipinski definition) is 1. The number of quaternary nitrogens is 1. The number of halogens is 6. The lowest BCUT2D eigenvalue weighted by atomic mass is 9.90. The van der Waals surface area contributed by atoms with Crippen LogP contribution in [0.5, 0.6) is 0 Å². The van der Waals surface area contributed by atoms with Crippen molar-refractivity contribution in [1.82, 2.24) is 0 Å². The number of nitrogens with zero attached hydrogens (tertiary/aromatic N) is 1. The minimum Gasteiger partial charge on any atom is -0.367 e. The highest BCUT2D eigenvalue weighted by Crippen LogP contribution is 2.39. The van der Waals surface area contributed by atoms with Crippen LogP contribution in [0.4, 0.5) is 26.3 Å². The predicted octanol–water partition coefficient (Wildman–Crippen LogP) is 6.22. The molecule has 0 N–H and O–H groups in total. The fourth-order valence-electron chi connectivity index (χ4n) is 4.20. The molecule has 2 unspecified atom stereocenters. The van der Waals surface area contributed by atoms with Gasteiger partial charge in [0.15, 0.2) is 0 Å². The van der Waals surface area contributed by atoms with E-state index in [-0.39, 0.29) is 30.4 Å². The third-order valence-corrected chi connectivity index (χ3v) is 5.58. The summed E-state index contributed by atoms with van der Waals surface area (Å²) in [5.41, 5.74) is -1.75. The van der Waals surface area contributed by atoms with Crippen molar-refractivity contribution in [2.45, 2.75) is 43.9 Å². The molecule has 1 heterocycles. The molecule has 3 rings (SSSR count). The molecular formula is C22H24F6NO+. The van der Waals surface area contributed by atoms with Gasteiger partial charge in [-0.1, -0.05) is 30.3 Å². The van der Waals surface area contributed by atoms with Crippen LogP contribution < -0.4 is 0 Å². The molecule has 0 bridgehead atoms. The van der Waals surface area contributed by atoms with E-state index in [9.17, 15) is 26.3 Å². The van der Waals surface area contributed by atoms with Crippen molar-refractivity contribution >= 4 is 0 Å². The average molecular weight is 432 g/mol.